The number of guanidine groups is 1. The number of allylic oxidation sites excluding steroid dienone is 1. The molecule has 0 aliphatic carbocycles. The molecule has 1 aromatic rings. The van der Waals surface area contributed by atoms with Gasteiger partial charge in [-0.05, 0) is 91.4 Å². The van der Waals surface area contributed by atoms with Crippen molar-refractivity contribution in [2.24, 2.45) is 16.8 Å². The molecular formula is C37H56N6O9. The van der Waals surface area contributed by atoms with E-state index in [1.54, 1.807) is 85.7 Å². The van der Waals surface area contributed by atoms with Crippen molar-refractivity contribution in [1.82, 2.24) is 26.2 Å². The second-order valence-corrected chi connectivity index (χ2v) is 15.1. The molecule has 1 fully saturated rings. The van der Waals surface area contributed by atoms with Gasteiger partial charge in [0.1, 0.15) is 29.3 Å². The van der Waals surface area contributed by atoms with Gasteiger partial charge in [-0.25, -0.2) is 14.4 Å². The van der Waals surface area contributed by atoms with Crippen LogP contribution in [0, 0.1) is 11.8 Å². The van der Waals surface area contributed by atoms with Gasteiger partial charge in [0, 0.05) is 24.6 Å². The third-order valence-electron chi connectivity index (χ3n) is 7.79. The van der Waals surface area contributed by atoms with Crippen LogP contribution in [0.3, 0.4) is 0 Å². The lowest BCUT2D eigenvalue weighted by Crippen LogP contribution is -2.56. The minimum Gasteiger partial charge on any atom is -0.480 e. The average molecular weight is 729 g/mol. The number of nitrogens with zero attached hydrogens (tertiary/aromatic N) is 2. The van der Waals surface area contributed by atoms with E-state index in [4.69, 9.17) is 9.47 Å². The molecular weight excluding hydrogens is 672 g/mol. The summed E-state index contributed by atoms with van der Waals surface area (Å²) >= 11 is 0. The molecule has 1 saturated heterocycles. The Bertz CT molecular complexity index is 1460. The molecule has 0 unspecified atom stereocenters. The number of nitrogens with one attached hydrogen (secondary N) is 4. The molecule has 15 heteroatoms. The van der Waals surface area contributed by atoms with Crippen LogP contribution in [-0.2, 0) is 23.9 Å². The molecule has 1 heterocycles. The normalized spacial score (nSPS) is 17.8. The van der Waals surface area contributed by atoms with Crippen LogP contribution in [0.5, 0.6) is 0 Å². The van der Waals surface area contributed by atoms with Gasteiger partial charge in [-0.15, -0.1) is 0 Å². The smallest absolute Gasteiger partial charge is 0.414 e. The maximum absolute atomic E-state index is 14.3. The van der Waals surface area contributed by atoms with Crippen LogP contribution in [0.15, 0.2) is 47.0 Å². The van der Waals surface area contributed by atoms with Gasteiger partial charge in [0.15, 0.2) is 0 Å². The third kappa shape index (κ3) is 14.3. The second kappa shape index (κ2) is 19.0. The van der Waals surface area contributed by atoms with Crippen LogP contribution in [0.25, 0.3) is 0 Å². The number of aliphatic carboxylic acids is 1. The molecule has 52 heavy (non-hydrogen) atoms. The summed E-state index contributed by atoms with van der Waals surface area (Å²) in [5.41, 5.74) is -0.528. The highest BCUT2D eigenvalue weighted by Crippen LogP contribution is 2.31. The topological polar surface area (TPSA) is 205 Å². The van der Waals surface area contributed by atoms with Gasteiger partial charge in [-0.1, -0.05) is 45.0 Å². The first-order valence-electron chi connectivity index (χ1n) is 17.5. The van der Waals surface area contributed by atoms with Gasteiger partial charge in [0.05, 0.1) is 0 Å². The number of benzene rings is 1. The lowest BCUT2D eigenvalue weighted by atomic mass is 9.96. The first kappa shape index (κ1) is 43.2. The molecule has 15 nitrogen and oxygen atoms in total. The molecule has 5 N–H and O–H groups in total. The lowest BCUT2D eigenvalue weighted by Gasteiger charge is -2.30. The molecule has 2 rings (SSSR count). The Balaban J connectivity index is 2.38. The monoisotopic (exact) mass is 728 g/mol. The van der Waals surface area contributed by atoms with E-state index in [1.165, 1.54) is 4.90 Å². The third-order valence-corrected chi connectivity index (χ3v) is 7.79. The van der Waals surface area contributed by atoms with Crippen molar-refractivity contribution in [3.05, 3.63) is 47.5 Å². The van der Waals surface area contributed by atoms with Crippen LogP contribution >= 0.6 is 0 Å². The summed E-state index contributed by atoms with van der Waals surface area (Å²) in [5.74, 6) is -3.49. The van der Waals surface area contributed by atoms with E-state index in [-0.39, 0.29) is 44.2 Å². The number of rotatable bonds is 12. The number of likely N-dealkylation sites (tertiary alicyclic amines) is 1. The summed E-state index contributed by atoms with van der Waals surface area (Å²) in [6.07, 6.45) is 0.545. The Labute approximate surface area is 306 Å². The quantitative estimate of drug-likeness (QED) is 0.0895. The first-order chi connectivity index (χ1) is 24.1. The standard InChI is InChI=1S/C37H56N6O9/c1-11-24-21-43(28(23(24)4)30(45)40-27(32(47)48)20-22(2)3)31(46)26(39-29(44)25-16-13-12-14-17-25)18-15-19-38-33(41-34(49)51-36(5,6)7)42-35(50)52-37(8,9)10/h11-14,16-17,22-23,26-28H,15,18-21H2,1-10H3,(H,39,44)(H,40,45)(H,47,48)(H2,38,41,42,49,50)/b24-11+/t23-,26+,27+,28-/m1/s1. The molecule has 4 atom stereocenters. The zero-order chi connectivity index (χ0) is 39.4. The Morgan fingerprint density at radius 3 is 1.96 bits per heavy atom. The Kier molecular flexibility index (Phi) is 15.8. The number of ether oxygens (including phenoxy) is 2. The molecule has 1 aromatic carbocycles. The zero-order valence-corrected chi connectivity index (χ0v) is 32.0. The zero-order valence-electron chi connectivity index (χ0n) is 32.0. The van der Waals surface area contributed by atoms with Crippen LogP contribution < -0.4 is 21.3 Å². The minimum absolute atomic E-state index is 0.00865. The summed E-state index contributed by atoms with van der Waals surface area (Å²) in [4.78, 5) is 84.0. The van der Waals surface area contributed by atoms with Gasteiger partial charge in [-0.2, -0.15) is 0 Å². The molecule has 0 saturated carbocycles. The van der Waals surface area contributed by atoms with Crippen LogP contribution in [-0.4, -0.2) is 94.3 Å². The van der Waals surface area contributed by atoms with E-state index in [0.29, 0.717) is 5.56 Å². The number of carbonyl (C=O) groups excluding carboxylic acids is 5. The van der Waals surface area contributed by atoms with Gasteiger partial charge in [0.2, 0.25) is 17.8 Å². The molecule has 0 spiro atoms. The van der Waals surface area contributed by atoms with Crippen molar-refractivity contribution in [1.29, 1.82) is 0 Å². The SMILES string of the molecule is C/C=C1\CN(C(=O)[C@H](CCCN=C(NC(=O)OC(C)(C)C)NC(=O)OC(C)(C)C)NC(=O)c2ccccc2)[C@@H](C(=O)N[C@@H](CC(C)C)C(=O)O)[C@@H]1C. The lowest BCUT2D eigenvalue weighted by molar-refractivity contribution is -0.145. The van der Waals surface area contributed by atoms with E-state index in [2.05, 4.69) is 26.3 Å². The Morgan fingerprint density at radius 2 is 1.48 bits per heavy atom. The van der Waals surface area contributed by atoms with Gasteiger partial charge in [0.25, 0.3) is 5.91 Å². The predicted octanol–water partition coefficient (Wildman–Crippen LogP) is 4.38. The number of aliphatic imine (C=N–C) groups is 1. The number of amides is 5. The maximum atomic E-state index is 14.3. The van der Waals surface area contributed by atoms with E-state index >= 15 is 0 Å². The van der Waals surface area contributed by atoms with Crippen LogP contribution in [0.1, 0.15) is 98.9 Å². The predicted molar refractivity (Wildman–Crippen MR) is 195 cm³/mol. The van der Waals surface area contributed by atoms with Crippen molar-refractivity contribution in [3.8, 4) is 0 Å². The van der Waals surface area contributed by atoms with Crippen molar-refractivity contribution in [2.45, 2.75) is 118 Å². The fourth-order valence-corrected chi connectivity index (χ4v) is 5.49. The largest absolute Gasteiger partial charge is 0.480 e. The minimum atomic E-state index is -1.17. The first-order valence-corrected chi connectivity index (χ1v) is 17.5. The summed E-state index contributed by atoms with van der Waals surface area (Å²) in [7, 11) is 0. The van der Waals surface area contributed by atoms with Gasteiger partial charge < -0.3 is 30.1 Å². The summed E-state index contributed by atoms with van der Waals surface area (Å²) in [6.45, 7) is 17.5. The Hall–Kier alpha value is -4.95. The molecule has 0 radical (unpaired) electrons. The maximum Gasteiger partial charge on any atom is 0.414 e. The number of carbonyl (C=O) groups is 6. The van der Waals surface area contributed by atoms with Crippen molar-refractivity contribution < 1.29 is 43.3 Å². The van der Waals surface area contributed by atoms with Gasteiger partial charge in [-0.3, -0.25) is 30.0 Å². The highest BCUT2D eigenvalue weighted by Gasteiger charge is 2.45. The van der Waals surface area contributed by atoms with Crippen LogP contribution in [0.4, 0.5) is 9.59 Å². The highest BCUT2D eigenvalue weighted by molar-refractivity contribution is 6.01. The number of carboxylic acids is 1. The second-order valence-electron chi connectivity index (χ2n) is 15.1. The van der Waals surface area contributed by atoms with Crippen LogP contribution in [0.2, 0.25) is 0 Å². The number of hydrogen-bond acceptors (Lipinski definition) is 9. The van der Waals surface area contributed by atoms with E-state index < -0.39 is 71.1 Å². The van der Waals surface area contributed by atoms with Crippen molar-refractivity contribution in [3.63, 3.8) is 0 Å². The highest BCUT2D eigenvalue weighted by atomic mass is 16.6. The fraction of sp³-hybridized carbons (Fsp3) is 0.595. The van der Waals surface area contributed by atoms with Gasteiger partial charge >= 0.3 is 18.2 Å². The molecule has 0 bridgehead atoms. The summed E-state index contributed by atoms with van der Waals surface area (Å²) < 4.78 is 10.6. The van der Waals surface area contributed by atoms with E-state index in [1.807, 2.05) is 19.9 Å². The Morgan fingerprint density at radius 1 is 0.923 bits per heavy atom. The number of alkyl carbamates (subject to hydrolysis) is 2. The molecule has 1 aliphatic heterocycles. The molecule has 288 valence electrons. The number of carboxylic acid groups (broad SMARTS) is 1. The van der Waals surface area contributed by atoms with Crippen molar-refractivity contribution in [2.75, 3.05) is 13.1 Å². The summed E-state index contributed by atoms with van der Waals surface area (Å²) in [5, 5.41) is 20.0. The average Bonchev–Trinajstić information content (AvgIpc) is 3.35. The molecule has 5 amide bonds. The number of hydrogen-bond donors (Lipinski definition) is 5. The van der Waals surface area contributed by atoms with Crippen molar-refractivity contribution >= 4 is 41.8 Å². The molecule has 0 aromatic heterocycles. The van der Waals surface area contributed by atoms with E-state index in [9.17, 15) is 33.9 Å². The van der Waals surface area contributed by atoms with E-state index in [0.717, 1.165) is 5.57 Å². The molecule has 1 aliphatic rings. The summed E-state index contributed by atoms with van der Waals surface area (Å²) in [6, 6.07) is 5.05. The fourth-order valence-electron chi connectivity index (χ4n) is 5.49.